The van der Waals surface area contributed by atoms with Crippen LogP contribution >= 0.6 is 69.1 Å². The highest BCUT2D eigenvalue weighted by molar-refractivity contribution is 7.88. The lowest BCUT2D eigenvalue weighted by molar-refractivity contribution is 0.262. The van der Waals surface area contributed by atoms with E-state index in [9.17, 15) is 30.7 Å². The fourth-order valence-corrected chi connectivity index (χ4v) is 10.7. The monoisotopic (exact) mass is 828 g/mol. The maximum Gasteiger partial charge on any atom is 0.326 e. The molecule has 13 nitrogen and oxygen atoms in total. The molecule has 0 aliphatic heterocycles. The van der Waals surface area contributed by atoms with E-state index in [0.29, 0.717) is 64.8 Å². The molecule has 2 amide bonds. The van der Waals surface area contributed by atoms with Crippen molar-refractivity contribution in [2.24, 2.45) is 0 Å². The number of aromatic nitrogens is 4. The third kappa shape index (κ3) is 5.61. The van der Waals surface area contributed by atoms with Crippen molar-refractivity contribution in [1.29, 1.82) is 0 Å². The van der Waals surface area contributed by atoms with Crippen molar-refractivity contribution in [3.63, 3.8) is 0 Å². The summed E-state index contributed by atoms with van der Waals surface area (Å²) in [6.45, 7) is 0. The van der Waals surface area contributed by atoms with Crippen LogP contribution in [0.2, 0.25) is 20.1 Å². The molecule has 50 heavy (non-hydrogen) atoms. The average molecular weight is 831 g/mol. The molecular formula is C29H16Cl4N6O7S4. The third-order valence-electron chi connectivity index (χ3n) is 7.97. The van der Waals surface area contributed by atoms with Crippen LogP contribution in [0.5, 0.6) is 0 Å². The van der Waals surface area contributed by atoms with Gasteiger partial charge >= 0.3 is 26.3 Å². The number of hydrogen-bond acceptors (Lipinski definition) is 9. The van der Waals surface area contributed by atoms with Gasteiger partial charge in [0.1, 0.15) is 8.42 Å². The van der Waals surface area contributed by atoms with E-state index < -0.39 is 26.3 Å². The van der Waals surface area contributed by atoms with E-state index in [-0.39, 0.29) is 42.9 Å². The van der Waals surface area contributed by atoms with Gasteiger partial charge in [0.25, 0.3) is 0 Å². The van der Waals surface area contributed by atoms with Crippen molar-refractivity contribution in [2.75, 3.05) is 10.6 Å². The van der Waals surface area contributed by atoms with Gasteiger partial charge in [0, 0.05) is 54.9 Å². The van der Waals surface area contributed by atoms with Gasteiger partial charge in [0.2, 0.25) is 0 Å². The number of benzene rings is 2. The molecule has 8 rings (SSSR count). The Balaban J connectivity index is 1.19. The first kappa shape index (κ1) is 33.6. The Bertz CT molecular complexity index is 2520. The SMILES string of the molecule is O=C(Nc1nn(-c2ccc(Cl)cc2Cl)c2c1Cc1sc(S(=O)(=O)O)cc1-2)Nc1nn(-c2ccc(Cl)cc2Cl)c2c1Cc1sc(S(=O)(=O)O)cc1-2. The molecule has 4 N–H and O–H groups in total. The van der Waals surface area contributed by atoms with Gasteiger partial charge in [-0.3, -0.25) is 19.7 Å². The summed E-state index contributed by atoms with van der Waals surface area (Å²) >= 11 is 27.1. The number of amides is 2. The first-order chi connectivity index (χ1) is 23.6. The zero-order chi connectivity index (χ0) is 35.4. The molecule has 2 aliphatic rings. The lowest BCUT2D eigenvalue weighted by Crippen LogP contribution is -2.21. The Hall–Kier alpha value is -3.49. The predicted octanol–water partition coefficient (Wildman–Crippen LogP) is 8.07. The van der Waals surface area contributed by atoms with E-state index in [0.717, 1.165) is 22.7 Å². The number of hydrogen-bond donors (Lipinski definition) is 4. The molecule has 0 unspecified atom stereocenters. The van der Waals surface area contributed by atoms with Crippen LogP contribution in [-0.4, -0.2) is 51.5 Å². The highest BCUT2D eigenvalue weighted by Gasteiger charge is 2.36. The fraction of sp³-hybridized carbons (Fsp3) is 0.0690. The number of nitrogens with zero attached hydrogens (tertiary/aromatic N) is 4. The predicted molar refractivity (Wildman–Crippen MR) is 192 cm³/mol. The number of rotatable bonds is 6. The molecule has 0 bridgehead atoms. The van der Waals surface area contributed by atoms with E-state index in [4.69, 9.17) is 46.4 Å². The third-order valence-corrected chi connectivity index (χ3v) is 13.9. The minimum absolute atomic E-state index is 0.147. The molecule has 0 fully saturated rings. The lowest BCUT2D eigenvalue weighted by atomic mass is 10.2. The highest BCUT2D eigenvalue weighted by atomic mass is 35.5. The molecular weight excluding hydrogens is 814 g/mol. The molecule has 0 radical (unpaired) electrons. The summed E-state index contributed by atoms with van der Waals surface area (Å²) in [7, 11) is -8.95. The van der Waals surface area contributed by atoms with Crippen molar-refractivity contribution >= 4 is 107 Å². The molecule has 4 heterocycles. The summed E-state index contributed by atoms with van der Waals surface area (Å²) in [6, 6.07) is 11.4. The summed E-state index contributed by atoms with van der Waals surface area (Å²) in [4.78, 5) is 14.9. The van der Waals surface area contributed by atoms with Crippen LogP contribution in [0.1, 0.15) is 20.9 Å². The first-order valence-corrected chi connectivity index (χ1v) is 20.0. The largest absolute Gasteiger partial charge is 0.326 e. The van der Waals surface area contributed by atoms with Gasteiger partial charge in [-0.2, -0.15) is 16.8 Å². The quantitative estimate of drug-likeness (QED) is 0.120. The highest BCUT2D eigenvalue weighted by Crippen LogP contribution is 2.49. The van der Waals surface area contributed by atoms with Gasteiger partial charge in [0.15, 0.2) is 11.6 Å². The topological polar surface area (TPSA) is 186 Å². The van der Waals surface area contributed by atoms with E-state index >= 15 is 0 Å². The second-order valence-corrected chi connectivity index (χ2v) is 18.3. The molecule has 2 aliphatic carbocycles. The van der Waals surface area contributed by atoms with Crippen molar-refractivity contribution in [3.8, 4) is 33.9 Å². The first-order valence-electron chi connectivity index (χ1n) is 14.0. The second-order valence-electron chi connectivity index (χ2n) is 11.1. The standard InChI is InChI=1S/C29H16Cl4N6O7S4/c30-11-1-3-19(17(32)5-11)38-25-13-9-23(49(41,42)43)47-21(13)7-15(25)27(36-38)34-29(40)35-28-16-8-22-14(10-24(48-22)50(44,45)46)26(16)39(37-28)20-4-2-12(31)6-18(20)33/h1-6,9-10H,7-8H2,(H,41,42,43)(H,44,45,46)(H2,34,35,36,37,40). The van der Waals surface area contributed by atoms with Crippen molar-refractivity contribution in [2.45, 2.75) is 21.3 Å². The Kier molecular flexibility index (Phi) is 7.92. The van der Waals surface area contributed by atoms with Crippen LogP contribution in [0.25, 0.3) is 33.9 Å². The molecule has 21 heteroatoms. The Morgan fingerprint density at radius 3 is 1.44 bits per heavy atom. The summed E-state index contributed by atoms with van der Waals surface area (Å²) in [5, 5.41) is 16.0. The molecule has 0 saturated carbocycles. The lowest BCUT2D eigenvalue weighted by Gasteiger charge is -2.09. The van der Waals surface area contributed by atoms with Crippen molar-refractivity contribution in [3.05, 3.63) is 89.5 Å². The fourth-order valence-electron chi connectivity index (χ4n) is 5.94. The van der Waals surface area contributed by atoms with Crippen LogP contribution in [0.15, 0.2) is 56.9 Å². The Morgan fingerprint density at radius 2 is 1.08 bits per heavy atom. The minimum atomic E-state index is -4.47. The molecule has 256 valence electrons. The summed E-state index contributed by atoms with van der Waals surface area (Å²) in [5.41, 5.74) is 3.86. The Labute approximate surface area is 310 Å². The number of urea groups is 1. The van der Waals surface area contributed by atoms with Crippen LogP contribution < -0.4 is 10.6 Å². The molecule has 0 saturated heterocycles. The molecule has 4 aromatic heterocycles. The van der Waals surface area contributed by atoms with Crippen LogP contribution in [0.3, 0.4) is 0 Å². The number of thiophene rings is 2. The van der Waals surface area contributed by atoms with Gasteiger partial charge in [-0.05, 0) is 48.5 Å². The summed E-state index contributed by atoms with van der Waals surface area (Å²) in [6.07, 6.45) is 0.391. The number of carbonyl (C=O) groups is 1. The van der Waals surface area contributed by atoms with Gasteiger partial charge in [-0.15, -0.1) is 32.9 Å². The molecule has 0 spiro atoms. The van der Waals surface area contributed by atoms with Crippen molar-refractivity contribution < 1.29 is 30.7 Å². The second kappa shape index (κ2) is 11.8. The average Bonchev–Trinajstić information content (AvgIpc) is 3.82. The zero-order valence-electron chi connectivity index (χ0n) is 24.4. The number of nitrogens with one attached hydrogen (secondary N) is 2. The number of anilines is 2. The van der Waals surface area contributed by atoms with Gasteiger partial charge in [0.05, 0.1) is 32.8 Å². The normalized spacial score (nSPS) is 13.2. The summed E-state index contributed by atoms with van der Waals surface area (Å²) < 4.78 is 69.5. The summed E-state index contributed by atoms with van der Waals surface area (Å²) in [5.74, 6) is 0.295. The smallest absolute Gasteiger partial charge is 0.290 e. The molecule has 6 aromatic rings. The van der Waals surface area contributed by atoms with E-state index in [2.05, 4.69) is 20.8 Å². The van der Waals surface area contributed by atoms with E-state index in [1.165, 1.54) is 33.6 Å². The number of carbonyl (C=O) groups excluding carboxylic acids is 1. The van der Waals surface area contributed by atoms with Gasteiger partial charge < -0.3 is 0 Å². The van der Waals surface area contributed by atoms with E-state index in [1.54, 1.807) is 24.3 Å². The number of halogens is 4. The zero-order valence-corrected chi connectivity index (χ0v) is 30.7. The van der Waals surface area contributed by atoms with Crippen molar-refractivity contribution in [1.82, 2.24) is 19.6 Å². The molecule has 0 atom stereocenters. The number of fused-ring (bicyclic) bond motifs is 6. The maximum absolute atomic E-state index is 13.7. The van der Waals surface area contributed by atoms with Crippen LogP contribution in [0.4, 0.5) is 16.4 Å². The van der Waals surface area contributed by atoms with Crippen LogP contribution in [0, 0.1) is 0 Å². The van der Waals surface area contributed by atoms with Crippen LogP contribution in [-0.2, 0) is 33.1 Å². The van der Waals surface area contributed by atoms with Gasteiger partial charge in [-0.25, -0.2) is 14.2 Å². The van der Waals surface area contributed by atoms with Gasteiger partial charge in [-0.1, -0.05) is 46.4 Å². The molecule has 2 aromatic carbocycles. The maximum atomic E-state index is 13.7. The van der Waals surface area contributed by atoms with E-state index in [1.807, 2.05) is 0 Å². The Morgan fingerprint density at radius 1 is 0.680 bits per heavy atom. The minimum Gasteiger partial charge on any atom is -0.290 e.